The molecule has 1 aliphatic heterocycles. The number of aromatic nitrogens is 2. The second-order valence-corrected chi connectivity index (χ2v) is 6.34. The lowest BCUT2D eigenvalue weighted by Crippen LogP contribution is -2.39. The van der Waals surface area contributed by atoms with Crippen LogP contribution in [-0.2, 0) is 4.79 Å². The smallest absolute Gasteiger partial charge is 0.237 e. The summed E-state index contributed by atoms with van der Waals surface area (Å²) in [5, 5.41) is 3.25. The van der Waals surface area contributed by atoms with E-state index < -0.39 is 0 Å². The third kappa shape index (κ3) is 4.03. The van der Waals surface area contributed by atoms with Gasteiger partial charge in [-0.25, -0.2) is 9.97 Å². The first-order chi connectivity index (χ1) is 11.7. The van der Waals surface area contributed by atoms with Gasteiger partial charge in [0.2, 0.25) is 5.91 Å². The molecule has 1 aliphatic rings. The number of nitrogens with one attached hydrogen (secondary N) is 1. The number of aryl methyl sites for hydroxylation is 1. The molecule has 0 aliphatic carbocycles. The molecule has 5 nitrogen and oxygen atoms in total. The Bertz CT molecular complexity index is 722. The average molecular weight is 345 g/mol. The molecule has 2 aromatic rings. The summed E-state index contributed by atoms with van der Waals surface area (Å²) in [6, 6.07) is 9.91. The van der Waals surface area contributed by atoms with Crippen LogP contribution in [0.2, 0.25) is 0 Å². The van der Waals surface area contributed by atoms with Crippen molar-refractivity contribution in [2.45, 2.75) is 25.7 Å². The Morgan fingerprint density at radius 2 is 2.25 bits per heavy atom. The van der Waals surface area contributed by atoms with Crippen molar-refractivity contribution in [1.29, 1.82) is 0 Å². The molecular formula is C18H21ClN4O. The molecule has 6 heteroatoms. The van der Waals surface area contributed by atoms with Gasteiger partial charge in [0.05, 0.1) is 0 Å². The van der Waals surface area contributed by atoms with Gasteiger partial charge in [-0.2, -0.15) is 0 Å². The Morgan fingerprint density at radius 3 is 3.04 bits per heavy atom. The highest BCUT2D eigenvalue weighted by molar-refractivity contribution is 6.27. The number of hydrogen-bond donors (Lipinski definition) is 1. The minimum atomic E-state index is 0.0118. The molecule has 0 bridgehead atoms. The Kier molecular flexibility index (Phi) is 5.30. The standard InChI is InChI=1S/C18H21ClN4O/c1-13-4-2-6-16(21-13)22-17-10-14(7-8-20-17)15-5-3-9-23(12-15)18(24)11-19/h2,4,6-8,10,15H,3,5,9,11-12H2,1H3,(H,20,21,22). The van der Waals surface area contributed by atoms with Gasteiger partial charge in [0, 0.05) is 30.9 Å². The van der Waals surface area contributed by atoms with E-state index in [2.05, 4.69) is 15.3 Å². The van der Waals surface area contributed by atoms with Crippen LogP contribution in [0.1, 0.15) is 30.0 Å². The van der Waals surface area contributed by atoms with Gasteiger partial charge in [-0.3, -0.25) is 4.79 Å². The van der Waals surface area contributed by atoms with Crippen molar-refractivity contribution < 1.29 is 4.79 Å². The number of alkyl halides is 1. The average Bonchev–Trinajstić information content (AvgIpc) is 2.61. The van der Waals surface area contributed by atoms with Gasteiger partial charge in [-0.15, -0.1) is 11.6 Å². The summed E-state index contributed by atoms with van der Waals surface area (Å²) < 4.78 is 0. The second-order valence-electron chi connectivity index (χ2n) is 6.08. The van der Waals surface area contributed by atoms with E-state index in [4.69, 9.17) is 11.6 Å². The Hall–Kier alpha value is -2.14. The normalized spacial score (nSPS) is 17.6. The van der Waals surface area contributed by atoms with E-state index in [-0.39, 0.29) is 11.8 Å². The van der Waals surface area contributed by atoms with E-state index in [1.54, 1.807) is 6.20 Å². The lowest BCUT2D eigenvalue weighted by molar-refractivity contribution is -0.129. The van der Waals surface area contributed by atoms with Crippen LogP contribution < -0.4 is 5.32 Å². The molecule has 126 valence electrons. The summed E-state index contributed by atoms with van der Waals surface area (Å²) in [5.74, 6) is 1.93. The van der Waals surface area contributed by atoms with Gasteiger partial charge in [0.1, 0.15) is 17.5 Å². The molecule has 3 heterocycles. The number of piperidine rings is 1. The van der Waals surface area contributed by atoms with E-state index in [1.165, 1.54) is 5.56 Å². The Balaban J connectivity index is 1.74. The minimum absolute atomic E-state index is 0.0118. The number of amides is 1. The summed E-state index contributed by atoms with van der Waals surface area (Å²) in [7, 11) is 0. The molecule has 3 rings (SSSR count). The topological polar surface area (TPSA) is 58.1 Å². The predicted molar refractivity (Wildman–Crippen MR) is 95.8 cm³/mol. The monoisotopic (exact) mass is 344 g/mol. The van der Waals surface area contributed by atoms with Gasteiger partial charge in [0.15, 0.2) is 0 Å². The number of anilines is 2. The van der Waals surface area contributed by atoms with Gasteiger partial charge < -0.3 is 10.2 Å². The van der Waals surface area contributed by atoms with E-state index in [9.17, 15) is 4.79 Å². The molecule has 1 amide bonds. The molecule has 2 aromatic heterocycles. The van der Waals surface area contributed by atoms with Crippen LogP contribution in [0.25, 0.3) is 0 Å². The molecular weight excluding hydrogens is 324 g/mol. The Morgan fingerprint density at radius 1 is 1.38 bits per heavy atom. The van der Waals surface area contributed by atoms with Crippen molar-refractivity contribution in [2.24, 2.45) is 0 Å². The molecule has 24 heavy (non-hydrogen) atoms. The summed E-state index contributed by atoms with van der Waals surface area (Å²) >= 11 is 5.69. The molecule has 1 unspecified atom stereocenters. The molecule has 0 spiro atoms. The first-order valence-corrected chi connectivity index (χ1v) is 8.69. The molecule has 0 aromatic carbocycles. The van der Waals surface area contributed by atoms with Crippen molar-refractivity contribution in [2.75, 3.05) is 24.3 Å². The van der Waals surface area contributed by atoms with Gasteiger partial charge in [-0.05, 0) is 49.6 Å². The first-order valence-electron chi connectivity index (χ1n) is 8.16. The van der Waals surface area contributed by atoms with Crippen molar-refractivity contribution in [3.8, 4) is 0 Å². The number of nitrogens with zero attached hydrogens (tertiary/aromatic N) is 3. The van der Waals surface area contributed by atoms with Crippen molar-refractivity contribution in [3.05, 3.63) is 47.8 Å². The highest BCUT2D eigenvalue weighted by atomic mass is 35.5. The number of carbonyl (C=O) groups excluding carboxylic acids is 1. The second kappa shape index (κ2) is 7.62. The van der Waals surface area contributed by atoms with Crippen LogP contribution in [0, 0.1) is 6.92 Å². The fourth-order valence-electron chi connectivity index (χ4n) is 3.07. The van der Waals surface area contributed by atoms with Crippen LogP contribution in [0.15, 0.2) is 36.5 Å². The number of halogens is 1. The summed E-state index contributed by atoms with van der Waals surface area (Å²) in [4.78, 5) is 22.5. The largest absolute Gasteiger partial charge is 0.341 e. The molecule has 1 saturated heterocycles. The number of hydrogen-bond acceptors (Lipinski definition) is 4. The lowest BCUT2D eigenvalue weighted by Gasteiger charge is -2.32. The third-order valence-corrected chi connectivity index (χ3v) is 4.52. The molecule has 1 N–H and O–H groups in total. The van der Waals surface area contributed by atoms with Crippen molar-refractivity contribution in [1.82, 2.24) is 14.9 Å². The van der Waals surface area contributed by atoms with Crippen molar-refractivity contribution >= 4 is 29.1 Å². The van der Waals surface area contributed by atoms with Crippen molar-refractivity contribution in [3.63, 3.8) is 0 Å². The van der Waals surface area contributed by atoms with Crippen LogP contribution in [0.3, 0.4) is 0 Å². The number of rotatable bonds is 4. The van der Waals surface area contributed by atoms with Crippen LogP contribution in [0.4, 0.5) is 11.6 Å². The van der Waals surface area contributed by atoms with E-state index in [0.29, 0.717) is 5.92 Å². The fraction of sp³-hybridized carbons (Fsp3) is 0.389. The number of carbonyl (C=O) groups is 1. The maximum absolute atomic E-state index is 11.8. The zero-order valence-corrected chi connectivity index (χ0v) is 14.5. The summed E-state index contributed by atoms with van der Waals surface area (Å²) in [5.41, 5.74) is 2.14. The molecule has 0 radical (unpaired) electrons. The summed E-state index contributed by atoms with van der Waals surface area (Å²) in [6.45, 7) is 3.47. The van der Waals surface area contributed by atoms with Gasteiger partial charge in [-0.1, -0.05) is 6.07 Å². The zero-order valence-electron chi connectivity index (χ0n) is 13.7. The third-order valence-electron chi connectivity index (χ3n) is 4.29. The molecule has 1 fully saturated rings. The number of pyridine rings is 2. The fourth-order valence-corrected chi connectivity index (χ4v) is 3.24. The summed E-state index contributed by atoms with van der Waals surface area (Å²) in [6.07, 6.45) is 3.87. The van der Waals surface area contributed by atoms with Crippen LogP contribution in [0.5, 0.6) is 0 Å². The maximum atomic E-state index is 11.8. The quantitative estimate of drug-likeness (QED) is 0.863. The molecule has 1 atom stereocenters. The number of likely N-dealkylation sites (tertiary alicyclic amines) is 1. The highest BCUT2D eigenvalue weighted by Gasteiger charge is 2.24. The van der Waals surface area contributed by atoms with E-state index in [0.717, 1.165) is 43.3 Å². The van der Waals surface area contributed by atoms with Crippen LogP contribution in [-0.4, -0.2) is 39.7 Å². The zero-order chi connectivity index (χ0) is 16.9. The lowest BCUT2D eigenvalue weighted by atomic mass is 9.91. The van der Waals surface area contributed by atoms with Gasteiger partial charge >= 0.3 is 0 Å². The minimum Gasteiger partial charge on any atom is -0.341 e. The SMILES string of the molecule is Cc1cccc(Nc2cc(C3CCCN(C(=O)CCl)C3)ccn2)n1. The Labute approximate surface area is 147 Å². The maximum Gasteiger partial charge on any atom is 0.237 e. The predicted octanol–water partition coefficient (Wildman–Crippen LogP) is 3.47. The van der Waals surface area contributed by atoms with Gasteiger partial charge in [0.25, 0.3) is 0 Å². The van der Waals surface area contributed by atoms with E-state index in [1.807, 2.05) is 42.2 Å². The highest BCUT2D eigenvalue weighted by Crippen LogP contribution is 2.28. The molecule has 0 saturated carbocycles. The van der Waals surface area contributed by atoms with E-state index >= 15 is 0 Å². The van der Waals surface area contributed by atoms with Crippen LogP contribution >= 0.6 is 11.6 Å². The first kappa shape index (κ1) is 16.7.